The molecule has 0 fully saturated rings. The second kappa shape index (κ2) is 19.0. The van der Waals surface area contributed by atoms with E-state index in [2.05, 4.69) is 65.0 Å². The maximum Gasteiger partial charge on any atom is 0.174 e. The number of allylic oxidation sites excluding steroid dienone is 6. The van der Waals surface area contributed by atoms with E-state index in [-0.39, 0.29) is 12.2 Å². The van der Waals surface area contributed by atoms with E-state index in [0.717, 1.165) is 46.2 Å². The monoisotopic (exact) mass is 714 g/mol. The van der Waals surface area contributed by atoms with Gasteiger partial charge in [0, 0.05) is 29.2 Å². The molecule has 6 heteroatoms. The zero-order valence-corrected chi connectivity index (χ0v) is 32.4. The average Bonchev–Trinajstić information content (AvgIpc) is 3.15. The summed E-state index contributed by atoms with van der Waals surface area (Å²) in [5, 5.41) is 0. The van der Waals surface area contributed by atoms with E-state index >= 15 is 0 Å². The van der Waals surface area contributed by atoms with Crippen molar-refractivity contribution in [2.75, 3.05) is 20.8 Å². The molecule has 0 N–H and O–H groups in total. The normalized spacial score (nSPS) is 13.8. The number of rotatable bonds is 17. The molecule has 1 aliphatic heterocycles. The predicted octanol–water partition coefficient (Wildman–Crippen LogP) is 11.4. The van der Waals surface area contributed by atoms with Gasteiger partial charge in [-0.1, -0.05) is 102 Å². The standard InChI is InChI=1S/C47H54O6/c1-32(2)15-14-16-34(5)22-24-38-37(25-26-41(49-6)46(38)50-7)43-29-40(48)45-44(53-43)30-42(52-31-36-19-12-9-13-20-36)39(23-21-33(3)4)47(45)51-28-27-35-17-10-8-11-18-35/h8-13,15,17-22,25-26,30,43H,14,16,23-24,27-29,31H2,1-7H3/b34-22+/t43-/m0/s1. The maximum absolute atomic E-state index is 14.4. The van der Waals surface area contributed by atoms with E-state index in [9.17, 15) is 4.79 Å². The SMILES string of the molecule is COc1ccc([C@@H]2CC(=O)c3c(cc(OCc4ccccc4)c(CC=C(C)C)c3OCCc3ccccc3)O2)c(C/C=C(\C)CCC=C(C)C)c1OC. The van der Waals surface area contributed by atoms with Crippen molar-refractivity contribution in [2.45, 2.75) is 85.9 Å². The lowest BCUT2D eigenvalue weighted by Crippen LogP contribution is -2.23. The molecule has 0 aliphatic carbocycles. The van der Waals surface area contributed by atoms with Crippen molar-refractivity contribution in [1.29, 1.82) is 0 Å². The summed E-state index contributed by atoms with van der Waals surface area (Å²) < 4.78 is 31.7. The molecule has 0 amide bonds. The molecule has 1 aliphatic rings. The van der Waals surface area contributed by atoms with Crippen LogP contribution in [0.3, 0.4) is 0 Å². The number of benzene rings is 4. The van der Waals surface area contributed by atoms with Gasteiger partial charge in [0.25, 0.3) is 0 Å². The number of hydrogen-bond acceptors (Lipinski definition) is 6. The van der Waals surface area contributed by atoms with E-state index in [1.165, 1.54) is 11.1 Å². The van der Waals surface area contributed by atoms with Crippen LogP contribution in [-0.4, -0.2) is 26.6 Å². The molecule has 0 saturated carbocycles. The summed E-state index contributed by atoms with van der Waals surface area (Å²) in [5.74, 6) is 2.88. The van der Waals surface area contributed by atoms with Crippen LogP contribution in [-0.2, 0) is 25.9 Å². The van der Waals surface area contributed by atoms with Crippen LogP contribution in [0, 0.1) is 0 Å². The Kier molecular flexibility index (Phi) is 14.0. The van der Waals surface area contributed by atoms with E-state index in [1.54, 1.807) is 14.2 Å². The third kappa shape index (κ3) is 10.4. The van der Waals surface area contributed by atoms with Crippen LogP contribution in [0.4, 0.5) is 0 Å². The van der Waals surface area contributed by atoms with Crippen LogP contribution in [0.5, 0.6) is 28.7 Å². The van der Waals surface area contributed by atoms with Gasteiger partial charge in [-0.05, 0) is 77.5 Å². The van der Waals surface area contributed by atoms with Gasteiger partial charge >= 0.3 is 0 Å². The van der Waals surface area contributed by atoms with Crippen molar-refractivity contribution in [3.05, 3.63) is 147 Å². The molecule has 5 rings (SSSR count). The number of methoxy groups -OCH3 is 2. The van der Waals surface area contributed by atoms with E-state index < -0.39 is 6.10 Å². The Morgan fingerprint density at radius 3 is 2.08 bits per heavy atom. The first-order valence-electron chi connectivity index (χ1n) is 18.6. The molecule has 0 bridgehead atoms. The second-order valence-corrected chi connectivity index (χ2v) is 14.1. The first-order chi connectivity index (χ1) is 25.7. The number of carbonyl (C=O) groups is 1. The Hall–Kier alpha value is -5.23. The fourth-order valence-corrected chi connectivity index (χ4v) is 6.57. The Balaban J connectivity index is 1.57. The van der Waals surface area contributed by atoms with Gasteiger partial charge in [-0.25, -0.2) is 0 Å². The lowest BCUT2D eigenvalue weighted by Gasteiger charge is -2.30. The first-order valence-corrected chi connectivity index (χ1v) is 18.6. The van der Waals surface area contributed by atoms with Gasteiger partial charge in [-0.3, -0.25) is 4.79 Å². The Labute approximate surface area is 316 Å². The smallest absolute Gasteiger partial charge is 0.174 e. The highest BCUT2D eigenvalue weighted by atomic mass is 16.5. The molecule has 0 saturated heterocycles. The van der Waals surface area contributed by atoms with Crippen LogP contribution in [0.1, 0.15) is 98.2 Å². The van der Waals surface area contributed by atoms with Crippen LogP contribution >= 0.6 is 0 Å². The van der Waals surface area contributed by atoms with Crippen LogP contribution < -0.4 is 23.7 Å². The van der Waals surface area contributed by atoms with E-state index in [0.29, 0.717) is 66.8 Å². The molecular weight excluding hydrogens is 661 g/mol. The average molecular weight is 715 g/mol. The quantitative estimate of drug-likeness (QED) is 0.101. The molecule has 278 valence electrons. The third-order valence-electron chi connectivity index (χ3n) is 9.44. The number of ether oxygens (including phenoxy) is 5. The molecule has 4 aromatic rings. The van der Waals surface area contributed by atoms with Gasteiger partial charge in [0.2, 0.25) is 0 Å². The van der Waals surface area contributed by atoms with Gasteiger partial charge in [-0.2, -0.15) is 0 Å². The third-order valence-corrected chi connectivity index (χ3v) is 9.44. The zero-order chi connectivity index (χ0) is 37.7. The van der Waals surface area contributed by atoms with E-state index in [1.807, 2.05) is 66.7 Å². The van der Waals surface area contributed by atoms with Crippen LogP contribution in [0.25, 0.3) is 0 Å². The summed E-state index contributed by atoms with van der Waals surface area (Å²) in [6.45, 7) is 11.3. The van der Waals surface area contributed by atoms with Crippen molar-refractivity contribution in [3.8, 4) is 28.7 Å². The second-order valence-electron chi connectivity index (χ2n) is 14.1. The molecule has 53 heavy (non-hydrogen) atoms. The van der Waals surface area contributed by atoms with Crippen molar-refractivity contribution >= 4 is 5.78 Å². The maximum atomic E-state index is 14.4. The lowest BCUT2D eigenvalue weighted by molar-refractivity contribution is 0.0840. The number of Topliss-reactive ketones (excluding diaryl/α,β-unsaturated/α-hetero) is 1. The topological polar surface area (TPSA) is 63.2 Å². The van der Waals surface area contributed by atoms with Crippen LogP contribution in [0.15, 0.2) is 114 Å². The Morgan fingerprint density at radius 2 is 1.42 bits per heavy atom. The van der Waals surface area contributed by atoms with Gasteiger partial charge in [-0.15, -0.1) is 0 Å². The predicted molar refractivity (Wildman–Crippen MR) is 214 cm³/mol. The minimum atomic E-state index is -0.549. The zero-order valence-electron chi connectivity index (χ0n) is 32.4. The van der Waals surface area contributed by atoms with Gasteiger partial charge < -0.3 is 23.7 Å². The fourth-order valence-electron chi connectivity index (χ4n) is 6.57. The molecular formula is C47H54O6. The molecule has 0 unspecified atom stereocenters. The molecule has 4 aromatic carbocycles. The number of hydrogen-bond donors (Lipinski definition) is 0. The van der Waals surface area contributed by atoms with Gasteiger partial charge in [0.1, 0.15) is 35.5 Å². The minimum absolute atomic E-state index is 0.0341. The summed E-state index contributed by atoms with van der Waals surface area (Å²) in [6.07, 6.45) is 10.1. The largest absolute Gasteiger partial charge is 0.493 e. The summed E-state index contributed by atoms with van der Waals surface area (Å²) in [4.78, 5) is 14.4. The number of fused-ring (bicyclic) bond motifs is 1. The van der Waals surface area contributed by atoms with Crippen molar-refractivity contribution < 1.29 is 28.5 Å². The summed E-state index contributed by atoms with van der Waals surface area (Å²) >= 11 is 0. The van der Waals surface area contributed by atoms with Gasteiger partial charge in [0.15, 0.2) is 17.3 Å². The number of carbonyl (C=O) groups excluding carboxylic acids is 1. The molecule has 1 atom stereocenters. The highest BCUT2D eigenvalue weighted by molar-refractivity contribution is 6.03. The van der Waals surface area contributed by atoms with Crippen LogP contribution in [0.2, 0.25) is 0 Å². The van der Waals surface area contributed by atoms with E-state index in [4.69, 9.17) is 23.7 Å². The molecule has 1 heterocycles. The van der Waals surface area contributed by atoms with Crippen molar-refractivity contribution in [1.82, 2.24) is 0 Å². The first kappa shape index (κ1) is 39.0. The van der Waals surface area contributed by atoms with Crippen molar-refractivity contribution in [3.63, 3.8) is 0 Å². The Morgan fingerprint density at radius 1 is 0.736 bits per heavy atom. The summed E-state index contributed by atoms with van der Waals surface area (Å²) in [6, 6.07) is 26.1. The molecule has 6 nitrogen and oxygen atoms in total. The van der Waals surface area contributed by atoms with Crippen molar-refractivity contribution in [2.24, 2.45) is 0 Å². The summed E-state index contributed by atoms with van der Waals surface area (Å²) in [5.41, 5.74) is 9.10. The fraction of sp³-hybridized carbons (Fsp3) is 0.340. The summed E-state index contributed by atoms with van der Waals surface area (Å²) in [7, 11) is 3.30. The minimum Gasteiger partial charge on any atom is -0.493 e. The molecule has 0 aromatic heterocycles. The molecule has 0 spiro atoms. The molecule has 0 radical (unpaired) electrons. The highest BCUT2D eigenvalue weighted by Gasteiger charge is 2.35. The highest BCUT2D eigenvalue weighted by Crippen LogP contribution is 2.48. The number of ketones is 1. The lowest BCUT2D eigenvalue weighted by atomic mass is 9.89. The Bertz CT molecular complexity index is 1930. The van der Waals surface area contributed by atoms with Gasteiger partial charge in [0.05, 0.1) is 27.2 Å².